The van der Waals surface area contributed by atoms with Crippen LogP contribution < -0.4 is 0 Å². The molecule has 0 spiro atoms. The van der Waals surface area contributed by atoms with Crippen molar-refractivity contribution in [3.05, 3.63) is 12.2 Å². The number of ether oxygens (including phenoxy) is 1. The van der Waals surface area contributed by atoms with E-state index < -0.39 is 21.4 Å². The number of carbonyl (C=O) groups is 2. The first-order valence-corrected chi connectivity index (χ1v) is 7.56. The first kappa shape index (κ1) is 20.6. The summed E-state index contributed by atoms with van der Waals surface area (Å²) >= 11 is 16.7. The van der Waals surface area contributed by atoms with Crippen molar-refractivity contribution in [2.24, 2.45) is 5.41 Å². The second-order valence-corrected chi connectivity index (χ2v) is 8.94. The van der Waals surface area contributed by atoms with Gasteiger partial charge in [-0.2, -0.15) is 0 Å². The average Bonchev–Trinajstić information content (AvgIpc) is 2.17. The number of rotatable bonds is 2. The number of amides is 2. The first-order valence-electron chi connectivity index (χ1n) is 6.43. The lowest BCUT2D eigenvalue weighted by atomic mass is 9.96. The maximum absolute atomic E-state index is 12.1. The maximum Gasteiger partial charge on any atom is 0.417 e. The van der Waals surface area contributed by atoms with Gasteiger partial charge in [0.1, 0.15) is 5.60 Å². The Morgan fingerprint density at radius 3 is 1.86 bits per heavy atom. The van der Waals surface area contributed by atoms with Crippen LogP contribution >= 0.6 is 34.8 Å². The highest BCUT2D eigenvalue weighted by atomic mass is 35.6. The Hall–Kier alpha value is -0.450. The molecule has 0 bridgehead atoms. The lowest BCUT2D eigenvalue weighted by Gasteiger charge is -2.27. The standard InChI is InChI=1S/C14H22Cl3NO3/c1-12(2,3)8-7-9-18(10(19)14(15,16)17)11(20)21-13(4,5)6/h7-8H,9H2,1-6H3/b8-7+. The van der Waals surface area contributed by atoms with Crippen molar-refractivity contribution >= 4 is 46.8 Å². The molecule has 0 aliphatic carbocycles. The molecule has 0 saturated heterocycles. The van der Waals surface area contributed by atoms with Gasteiger partial charge in [-0.25, -0.2) is 9.69 Å². The van der Waals surface area contributed by atoms with Crippen LogP contribution in [0.1, 0.15) is 41.5 Å². The number of carbonyl (C=O) groups excluding carboxylic acids is 2. The summed E-state index contributed by atoms with van der Waals surface area (Å²) in [5.74, 6) is -0.944. The van der Waals surface area contributed by atoms with E-state index in [9.17, 15) is 9.59 Å². The molecule has 0 aliphatic rings. The summed E-state index contributed by atoms with van der Waals surface area (Å²) in [6.45, 7) is 11.0. The number of imide groups is 1. The highest BCUT2D eigenvalue weighted by Crippen LogP contribution is 2.29. The van der Waals surface area contributed by atoms with Crippen molar-refractivity contribution in [2.75, 3.05) is 6.54 Å². The van der Waals surface area contributed by atoms with E-state index in [-0.39, 0.29) is 12.0 Å². The van der Waals surface area contributed by atoms with Gasteiger partial charge in [-0.3, -0.25) is 4.79 Å². The zero-order valence-electron chi connectivity index (χ0n) is 13.2. The first-order chi connectivity index (χ1) is 9.13. The van der Waals surface area contributed by atoms with E-state index >= 15 is 0 Å². The third kappa shape index (κ3) is 9.22. The highest BCUT2D eigenvalue weighted by Gasteiger charge is 2.39. The summed E-state index contributed by atoms with van der Waals surface area (Å²) in [7, 11) is 0. The second kappa shape index (κ2) is 7.21. The monoisotopic (exact) mass is 357 g/mol. The molecule has 2 amide bonds. The number of hydrogen-bond acceptors (Lipinski definition) is 3. The Kier molecular flexibility index (Phi) is 7.05. The van der Waals surface area contributed by atoms with Crippen LogP contribution in [-0.2, 0) is 9.53 Å². The van der Waals surface area contributed by atoms with Crippen molar-refractivity contribution in [2.45, 2.75) is 50.9 Å². The molecule has 0 N–H and O–H groups in total. The van der Waals surface area contributed by atoms with Crippen molar-refractivity contribution in [1.29, 1.82) is 0 Å². The fourth-order valence-corrected chi connectivity index (χ4v) is 1.53. The number of halogens is 3. The van der Waals surface area contributed by atoms with Crippen LogP contribution in [0.15, 0.2) is 12.2 Å². The number of nitrogens with zero attached hydrogens (tertiary/aromatic N) is 1. The smallest absolute Gasteiger partial charge is 0.417 e. The van der Waals surface area contributed by atoms with Crippen molar-refractivity contribution in [1.82, 2.24) is 4.90 Å². The lowest BCUT2D eigenvalue weighted by Crippen LogP contribution is -2.46. The highest BCUT2D eigenvalue weighted by molar-refractivity contribution is 6.76. The van der Waals surface area contributed by atoms with Crippen LogP contribution in [0.25, 0.3) is 0 Å². The predicted molar refractivity (Wildman–Crippen MR) is 86.8 cm³/mol. The normalized spacial score (nSPS) is 13.4. The SMILES string of the molecule is CC(C)(C)/C=C/CN(C(=O)OC(C)(C)C)C(=O)C(Cl)(Cl)Cl. The summed E-state index contributed by atoms with van der Waals surface area (Å²) in [4.78, 5) is 24.9. The molecule has 0 aromatic carbocycles. The molecule has 0 saturated carbocycles. The Bertz CT molecular complexity index is 415. The molecular formula is C14H22Cl3NO3. The Labute approximate surface area is 141 Å². The van der Waals surface area contributed by atoms with Gasteiger partial charge in [-0.05, 0) is 26.2 Å². The van der Waals surface area contributed by atoms with Gasteiger partial charge < -0.3 is 4.74 Å². The van der Waals surface area contributed by atoms with Crippen molar-refractivity contribution in [3.63, 3.8) is 0 Å². The number of allylic oxidation sites excluding steroid dienone is 1. The average molecular weight is 359 g/mol. The van der Waals surface area contributed by atoms with Crippen LogP contribution in [0.4, 0.5) is 4.79 Å². The fraction of sp³-hybridized carbons (Fsp3) is 0.714. The molecule has 0 aromatic heterocycles. The predicted octanol–water partition coefficient (Wildman–Crippen LogP) is 4.72. The molecule has 21 heavy (non-hydrogen) atoms. The molecule has 0 aliphatic heterocycles. The topological polar surface area (TPSA) is 46.6 Å². The van der Waals surface area contributed by atoms with Gasteiger partial charge in [0, 0.05) is 0 Å². The van der Waals surface area contributed by atoms with Crippen LogP contribution in [0.3, 0.4) is 0 Å². The van der Waals surface area contributed by atoms with E-state index in [1.54, 1.807) is 26.8 Å². The van der Waals surface area contributed by atoms with Gasteiger partial charge in [-0.1, -0.05) is 67.7 Å². The third-order valence-corrected chi connectivity index (χ3v) is 2.49. The Morgan fingerprint density at radius 1 is 1.05 bits per heavy atom. The molecular weight excluding hydrogens is 337 g/mol. The third-order valence-electron chi connectivity index (χ3n) is 2.01. The largest absolute Gasteiger partial charge is 0.443 e. The van der Waals surface area contributed by atoms with Crippen LogP contribution in [0.5, 0.6) is 0 Å². The summed E-state index contributed by atoms with van der Waals surface area (Å²) in [6, 6.07) is 0. The molecule has 122 valence electrons. The van der Waals surface area contributed by atoms with E-state index in [0.29, 0.717) is 0 Å². The summed E-state index contributed by atoms with van der Waals surface area (Å²) in [6.07, 6.45) is 2.67. The van der Waals surface area contributed by atoms with E-state index in [4.69, 9.17) is 39.5 Å². The minimum atomic E-state index is -2.22. The van der Waals surface area contributed by atoms with Crippen LogP contribution in [0.2, 0.25) is 0 Å². The van der Waals surface area contributed by atoms with Crippen LogP contribution in [-0.4, -0.2) is 32.8 Å². The van der Waals surface area contributed by atoms with E-state index in [1.165, 1.54) is 0 Å². The van der Waals surface area contributed by atoms with Crippen molar-refractivity contribution < 1.29 is 14.3 Å². The minimum Gasteiger partial charge on any atom is -0.443 e. The summed E-state index contributed by atoms with van der Waals surface area (Å²) < 4.78 is 2.94. The molecule has 0 atom stereocenters. The zero-order valence-corrected chi connectivity index (χ0v) is 15.4. The molecule has 0 radical (unpaired) electrons. The van der Waals surface area contributed by atoms with E-state index in [1.807, 2.05) is 26.8 Å². The van der Waals surface area contributed by atoms with Gasteiger partial charge in [0.05, 0.1) is 6.54 Å². The summed E-state index contributed by atoms with van der Waals surface area (Å²) in [5, 5.41) is 0. The van der Waals surface area contributed by atoms with Gasteiger partial charge >= 0.3 is 6.09 Å². The lowest BCUT2D eigenvalue weighted by molar-refractivity contribution is -0.128. The number of alkyl halides is 3. The maximum atomic E-state index is 12.1. The molecule has 4 nitrogen and oxygen atoms in total. The van der Waals surface area contributed by atoms with Gasteiger partial charge in [0.15, 0.2) is 0 Å². The zero-order chi connectivity index (χ0) is 17.1. The van der Waals surface area contributed by atoms with E-state index in [0.717, 1.165) is 4.90 Å². The van der Waals surface area contributed by atoms with Gasteiger partial charge in [0.2, 0.25) is 0 Å². The molecule has 0 unspecified atom stereocenters. The van der Waals surface area contributed by atoms with E-state index in [2.05, 4.69) is 0 Å². The Morgan fingerprint density at radius 2 is 1.52 bits per heavy atom. The molecule has 0 heterocycles. The minimum absolute atomic E-state index is 0.0288. The quantitative estimate of drug-likeness (QED) is 0.530. The van der Waals surface area contributed by atoms with Gasteiger partial charge in [0.25, 0.3) is 9.70 Å². The van der Waals surface area contributed by atoms with Crippen molar-refractivity contribution in [3.8, 4) is 0 Å². The number of hydrogen-bond donors (Lipinski definition) is 0. The molecule has 7 heteroatoms. The molecule has 0 rings (SSSR count). The molecule has 0 fully saturated rings. The molecule has 0 aromatic rings. The van der Waals surface area contributed by atoms with Gasteiger partial charge in [-0.15, -0.1) is 0 Å². The second-order valence-electron chi connectivity index (χ2n) is 6.66. The Balaban J connectivity index is 5.17. The van der Waals surface area contributed by atoms with Crippen LogP contribution in [0, 0.1) is 5.41 Å². The fourth-order valence-electron chi connectivity index (χ4n) is 1.22. The summed E-state index contributed by atoms with van der Waals surface area (Å²) in [5.41, 5.74) is -0.848.